The van der Waals surface area contributed by atoms with E-state index < -0.39 is 0 Å². The van der Waals surface area contributed by atoms with E-state index in [1.54, 1.807) is 30.5 Å². The molecule has 3 rings (SSSR count). The van der Waals surface area contributed by atoms with Crippen molar-refractivity contribution in [1.82, 2.24) is 4.98 Å². The van der Waals surface area contributed by atoms with Crippen LogP contribution < -0.4 is 4.74 Å². The Kier molecular flexibility index (Phi) is 6.13. The normalized spacial score (nSPS) is 10.9. The lowest BCUT2D eigenvalue weighted by Crippen LogP contribution is -1.94. The molecule has 0 saturated heterocycles. The molecular formula is C18H9Cl6NO. The van der Waals surface area contributed by atoms with E-state index in [0.29, 0.717) is 58.3 Å². The van der Waals surface area contributed by atoms with Crippen LogP contribution in [0.25, 0.3) is 22.3 Å². The first kappa shape index (κ1) is 19.9. The lowest BCUT2D eigenvalue weighted by Gasteiger charge is -2.14. The number of rotatable bonds is 3. The van der Waals surface area contributed by atoms with Crippen LogP contribution in [-0.4, -0.2) is 12.1 Å². The summed E-state index contributed by atoms with van der Waals surface area (Å²) in [5, 5.41) is 2.26. The average molecular weight is 468 g/mol. The fraction of sp³-hybridized carbons (Fsp3) is 0.0556. The van der Waals surface area contributed by atoms with Crippen molar-refractivity contribution in [2.24, 2.45) is 0 Å². The van der Waals surface area contributed by atoms with E-state index in [4.69, 9.17) is 74.3 Å². The van der Waals surface area contributed by atoms with Crippen molar-refractivity contribution in [2.75, 3.05) is 7.11 Å². The second kappa shape index (κ2) is 8.02. The Bertz CT molecular complexity index is 1010. The molecule has 0 amide bonds. The Morgan fingerprint density at radius 1 is 0.692 bits per heavy atom. The van der Waals surface area contributed by atoms with Gasteiger partial charge in [0.1, 0.15) is 0 Å². The molecular weight excluding hydrogens is 459 g/mol. The SMILES string of the molecule is COc1ncc(-c2cc(Cl)cc(Cl)c2Cl)cc1-c1cc(Cl)cc(Cl)c1Cl. The largest absolute Gasteiger partial charge is 0.481 e. The standard InChI is InChI=1S/C18H9Cl6NO/c1-26-18-13(12-4-10(20)6-15(22)17(12)24)2-8(7-25-18)11-3-9(19)5-14(21)16(11)23/h2-7H,1H3. The molecule has 1 aromatic heterocycles. The first-order chi connectivity index (χ1) is 12.3. The van der Waals surface area contributed by atoms with E-state index in [0.717, 1.165) is 0 Å². The molecule has 0 bridgehead atoms. The molecule has 0 unspecified atom stereocenters. The van der Waals surface area contributed by atoms with Crippen molar-refractivity contribution in [3.8, 4) is 28.1 Å². The average Bonchev–Trinajstić information content (AvgIpc) is 2.60. The summed E-state index contributed by atoms with van der Waals surface area (Å²) in [7, 11) is 1.51. The van der Waals surface area contributed by atoms with Crippen LogP contribution in [0.4, 0.5) is 0 Å². The van der Waals surface area contributed by atoms with Crippen LogP contribution in [0, 0.1) is 0 Å². The summed E-state index contributed by atoms with van der Waals surface area (Å²) in [5.74, 6) is 0.359. The highest BCUT2D eigenvalue weighted by Gasteiger charge is 2.17. The number of halogens is 6. The van der Waals surface area contributed by atoms with Crippen molar-refractivity contribution in [2.45, 2.75) is 0 Å². The fourth-order valence-electron chi connectivity index (χ4n) is 2.47. The minimum atomic E-state index is 0.324. The van der Waals surface area contributed by atoms with Crippen molar-refractivity contribution in [1.29, 1.82) is 0 Å². The maximum Gasteiger partial charge on any atom is 0.221 e. The second-order valence-corrected chi connectivity index (χ2v) is 7.72. The molecule has 0 radical (unpaired) electrons. The van der Waals surface area contributed by atoms with E-state index >= 15 is 0 Å². The first-order valence-electron chi connectivity index (χ1n) is 7.15. The number of benzene rings is 2. The number of methoxy groups -OCH3 is 1. The molecule has 0 saturated carbocycles. The van der Waals surface area contributed by atoms with Crippen molar-refractivity contribution in [3.63, 3.8) is 0 Å². The maximum atomic E-state index is 6.37. The predicted molar refractivity (Wildman–Crippen MR) is 112 cm³/mol. The molecule has 0 aliphatic heterocycles. The Hall–Kier alpha value is -0.870. The Morgan fingerprint density at radius 2 is 1.23 bits per heavy atom. The van der Waals surface area contributed by atoms with Gasteiger partial charge in [-0.05, 0) is 30.3 Å². The van der Waals surface area contributed by atoms with Gasteiger partial charge in [0, 0.05) is 38.5 Å². The van der Waals surface area contributed by atoms with E-state index in [2.05, 4.69) is 4.98 Å². The third-order valence-corrected chi connectivity index (χ3v) is 5.67. The quantitative estimate of drug-likeness (QED) is 0.361. The topological polar surface area (TPSA) is 22.1 Å². The molecule has 1 heterocycles. The third-order valence-electron chi connectivity index (χ3n) is 3.63. The van der Waals surface area contributed by atoms with Gasteiger partial charge in [0.2, 0.25) is 5.88 Å². The van der Waals surface area contributed by atoms with Crippen molar-refractivity contribution >= 4 is 69.6 Å². The molecule has 26 heavy (non-hydrogen) atoms. The number of hydrogen-bond donors (Lipinski definition) is 0. The molecule has 3 aromatic rings. The summed E-state index contributed by atoms with van der Waals surface area (Å²) >= 11 is 37.2. The van der Waals surface area contributed by atoms with Gasteiger partial charge in [-0.1, -0.05) is 69.6 Å². The lowest BCUT2D eigenvalue weighted by atomic mass is 10.0. The molecule has 2 aromatic carbocycles. The minimum Gasteiger partial charge on any atom is -0.481 e. The van der Waals surface area contributed by atoms with Gasteiger partial charge in [0.15, 0.2) is 0 Å². The Labute approximate surface area is 180 Å². The van der Waals surface area contributed by atoms with Gasteiger partial charge >= 0.3 is 0 Å². The summed E-state index contributed by atoms with van der Waals surface area (Å²) in [5.41, 5.74) is 2.50. The smallest absolute Gasteiger partial charge is 0.221 e. The first-order valence-corrected chi connectivity index (χ1v) is 9.42. The molecule has 0 spiro atoms. The molecule has 0 aliphatic rings. The second-order valence-electron chi connectivity index (χ2n) is 5.28. The predicted octanol–water partition coefficient (Wildman–Crippen LogP) is 8.34. The summed E-state index contributed by atoms with van der Waals surface area (Å²) in [6.45, 7) is 0. The van der Waals surface area contributed by atoms with Crippen LogP contribution in [0.15, 0.2) is 36.5 Å². The highest BCUT2D eigenvalue weighted by atomic mass is 35.5. The zero-order chi connectivity index (χ0) is 19.0. The van der Waals surface area contributed by atoms with Crippen LogP contribution in [-0.2, 0) is 0 Å². The molecule has 0 atom stereocenters. The number of aromatic nitrogens is 1. The zero-order valence-corrected chi connectivity index (χ0v) is 17.6. The summed E-state index contributed by atoms with van der Waals surface area (Å²) < 4.78 is 5.36. The van der Waals surface area contributed by atoms with Crippen LogP contribution in [0.5, 0.6) is 5.88 Å². The zero-order valence-electron chi connectivity index (χ0n) is 13.1. The number of ether oxygens (including phenoxy) is 1. The van der Waals surface area contributed by atoms with E-state index in [-0.39, 0.29) is 0 Å². The maximum absolute atomic E-state index is 6.37. The van der Waals surface area contributed by atoms with Gasteiger partial charge in [-0.15, -0.1) is 0 Å². The van der Waals surface area contributed by atoms with Gasteiger partial charge in [-0.25, -0.2) is 4.98 Å². The van der Waals surface area contributed by atoms with Gasteiger partial charge in [0.05, 0.1) is 27.2 Å². The lowest BCUT2D eigenvalue weighted by molar-refractivity contribution is 0.400. The molecule has 0 fully saturated rings. The Balaban J connectivity index is 2.27. The molecule has 2 nitrogen and oxygen atoms in total. The fourth-order valence-corrected chi connectivity index (χ4v) is 3.89. The monoisotopic (exact) mass is 465 g/mol. The Morgan fingerprint density at radius 3 is 1.81 bits per heavy atom. The van der Waals surface area contributed by atoms with Crippen LogP contribution >= 0.6 is 69.6 Å². The summed E-state index contributed by atoms with van der Waals surface area (Å²) in [6.07, 6.45) is 1.61. The molecule has 0 aliphatic carbocycles. The molecule has 134 valence electrons. The van der Waals surface area contributed by atoms with Crippen LogP contribution in [0.3, 0.4) is 0 Å². The molecule has 8 heteroatoms. The highest BCUT2D eigenvalue weighted by Crippen LogP contribution is 2.43. The number of nitrogens with zero attached hydrogens (tertiary/aromatic N) is 1. The van der Waals surface area contributed by atoms with Crippen LogP contribution in [0.2, 0.25) is 30.1 Å². The number of pyridine rings is 1. The number of hydrogen-bond acceptors (Lipinski definition) is 2. The molecule has 0 N–H and O–H groups in total. The van der Waals surface area contributed by atoms with Crippen molar-refractivity contribution < 1.29 is 4.74 Å². The van der Waals surface area contributed by atoms with E-state index in [1.165, 1.54) is 7.11 Å². The minimum absolute atomic E-state index is 0.324. The summed E-state index contributed by atoms with van der Waals surface area (Å²) in [4.78, 5) is 4.34. The summed E-state index contributed by atoms with van der Waals surface area (Å²) in [6, 6.07) is 8.33. The third kappa shape index (κ3) is 3.87. The van der Waals surface area contributed by atoms with E-state index in [1.807, 2.05) is 6.07 Å². The van der Waals surface area contributed by atoms with Gasteiger partial charge in [0.25, 0.3) is 0 Å². The van der Waals surface area contributed by atoms with Gasteiger partial charge in [-0.3, -0.25) is 0 Å². The van der Waals surface area contributed by atoms with E-state index in [9.17, 15) is 0 Å². The van der Waals surface area contributed by atoms with Gasteiger partial charge in [-0.2, -0.15) is 0 Å². The highest BCUT2D eigenvalue weighted by molar-refractivity contribution is 6.46. The van der Waals surface area contributed by atoms with Crippen LogP contribution in [0.1, 0.15) is 0 Å². The van der Waals surface area contributed by atoms with Gasteiger partial charge < -0.3 is 4.74 Å². The van der Waals surface area contributed by atoms with Crippen molar-refractivity contribution in [3.05, 3.63) is 66.7 Å².